The van der Waals surface area contributed by atoms with Crippen LogP contribution in [0.2, 0.25) is 0 Å². The first-order chi connectivity index (χ1) is 14.8. The van der Waals surface area contributed by atoms with E-state index in [4.69, 9.17) is 9.26 Å². The second kappa shape index (κ2) is 7.67. The Balaban J connectivity index is 1.64. The maximum atomic E-state index is 12.3. The average molecular weight is 398 g/mol. The summed E-state index contributed by atoms with van der Waals surface area (Å²) in [5.74, 6) is 0.265. The number of nitrogens with zero attached hydrogens (tertiary/aromatic N) is 2. The second-order valence-electron chi connectivity index (χ2n) is 7.41. The number of carbonyl (C=O) groups excluding carboxylic acids is 1. The maximum absolute atomic E-state index is 12.3. The van der Waals surface area contributed by atoms with Crippen molar-refractivity contribution in [3.8, 4) is 22.6 Å². The van der Waals surface area contributed by atoms with Crippen LogP contribution in [-0.4, -0.2) is 22.3 Å². The monoisotopic (exact) mass is 398 g/mol. The smallest absolute Gasteiger partial charge is 0.360 e. The van der Waals surface area contributed by atoms with Crippen LogP contribution >= 0.6 is 0 Å². The molecule has 0 bridgehead atoms. The lowest BCUT2D eigenvalue weighted by Crippen LogP contribution is -2.10. The van der Waals surface area contributed by atoms with Crippen LogP contribution in [0, 0.1) is 0 Å². The van der Waals surface area contributed by atoms with Crippen molar-refractivity contribution in [3.05, 3.63) is 89.2 Å². The number of hydrogen-bond donors (Lipinski definition) is 0. The topological polar surface area (TPSA) is 57.3 Å². The van der Waals surface area contributed by atoms with Crippen molar-refractivity contribution in [1.82, 2.24) is 9.72 Å². The van der Waals surface area contributed by atoms with Crippen molar-refractivity contribution in [2.75, 3.05) is 6.61 Å². The van der Waals surface area contributed by atoms with E-state index in [-0.39, 0.29) is 0 Å². The molecule has 0 radical (unpaired) electrons. The minimum Gasteiger partial charge on any atom is -0.461 e. The Morgan fingerprint density at radius 1 is 1.03 bits per heavy atom. The van der Waals surface area contributed by atoms with Crippen molar-refractivity contribution < 1.29 is 14.1 Å². The third kappa shape index (κ3) is 3.12. The molecular weight excluding hydrogens is 376 g/mol. The van der Waals surface area contributed by atoms with E-state index in [2.05, 4.69) is 64.5 Å². The lowest BCUT2D eigenvalue weighted by molar-refractivity contribution is 0.0513. The molecule has 5 rings (SSSR count). The van der Waals surface area contributed by atoms with Crippen LogP contribution in [0.4, 0.5) is 0 Å². The van der Waals surface area contributed by atoms with E-state index in [1.165, 1.54) is 22.4 Å². The van der Waals surface area contributed by atoms with E-state index in [1.54, 1.807) is 6.92 Å². The number of fused-ring (bicyclic) bond motifs is 3. The van der Waals surface area contributed by atoms with Crippen molar-refractivity contribution in [2.24, 2.45) is 0 Å². The second-order valence-corrected chi connectivity index (χ2v) is 7.41. The molecule has 150 valence electrons. The van der Waals surface area contributed by atoms with E-state index in [0.29, 0.717) is 24.5 Å². The van der Waals surface area contributed by atoms with E-state index in [1.807, 2.05) is 12.1 Å². The van der Waals surface area contributed by atoms with E-state index in [9.17, 15) is 4.79 Å². The fourth-order valence-electron chi connectivity index (χ4n) is 4.25. The van der Waals surface area contributed by atoms with Gasteiger partial charge in [-0.05, 0) is 36.5 Å². The lowest BCUT2D eigenvalue weighted by atomic mass is 9.90. The van der Waals surface area contributed by atoms with Crippen LogP contribution in [0.5, 0.6) is 0 Å². The maximum Gasteiger partial charge on any atom is 0.360 e. The van der Waals surface area contributed by atoms with Gasteiger partial charge >= 0.3 is 5.97 Å². The molecule has 0 amide bonds. The van der Waals surface area contributed by atoms with Gasteiger partial charge in [-0.2, -0.15) is 0 Å². The SMILES string of the molecule is CCOC(=O)c1noc2c1CCc1c-2cn(Cc2ccccc2)c1-c1ccccc1. The highest BCUT2D eigenvalue weighted by atomic mass is 16.5. The number of carbonyl (C=O) groups is 1. The summed E-state index contributed by atoms with van der Waals surface area (Å²) in [4.78, 5) is 12.3. The Hall–Kier alpha value is -3.60. The highest BCUT2D eigenvalue weighted by molar-refractivity contribution is 5.92. The molecule has 1 aliphatic rings. The van der Waals surface area contributed by atoms with E-state index < -0.39 is 5.97 Å². The van der Waals surface area contributed by atoms with Crippen LogP contribution in [0.3, 0.4) is 0 Å². The van der Waals surface area contributed by atoms with Crippen LogP contribution < -0.4 is 0 Å². The predicted molar refractivity (Wildman–Crippen MR) is 114 cm³/mol. The van der Waals surface area contributed by atoms with Gasteiger partial charge in [0.1, 0.15) is 0 Å². The number of aromatic nitrogens is 2. The third-order valence-electron chi connectivity index (χ3n) is 5.55. The Morgan fingerprint density at radius 3 is 2.47 bits per heavy atom. The zero-order valence-corrected chi connectivity index (χ0v) is 16.8. The molecule has 0 N–H and O–H groups in total. The number of esters is 1. The van der Waals surface area contributed by atoms with Gasteiger partial charge in [-0.1, -0.05) is 65.8 Å². The molecule has 1 aliphatic carbocycles. The summed E-state index contributed by atoms with van der Waals surface area (Å²) in [6, 6.07) is 20.8. The molecule has 0 fully saturated rings. The standard InChI is InChI=1S/C25H22N2O3/c1-2-29-25(28)22-20-14-13-19-21(24(20)30-26-22)16-27(15-17-9-5-3-6-10-17)23(19)18-11-7-4-8-12-18/h3-12,16H,2,13-15H2,1H3. The van der Waals surface area contributed by atoms with Crippen LogP contribution in [0.1, 0.15) is 34.1 Å². The first kappa shape index (κ1) is 18.4. The van der Waals surface area contributed by atoms with Gasteiger partial charge in [0.15, 0.2) is 11.5 Å². The van der Waals surface area contributed by atoms with Gasteiger partial charge in [0.2, 0.25) is 0 Å². The summed E-state index contributed by atoms with van der Waals surface area (Å²) in [6.45, 7) is 2.86. The molecular formula is C25H22N2O3. The van der Waals surface area contributed by atoms with Gasteiger partial charge < -0.3 is 13.8 Å². The number of hydrogen-bond acceptors (Lipinski definition) is 4. The molecule has 0 atom stereocenters. The zero-order chi connectivity index (χ0) is 20.5. The Bertz CT molecular complexity index is 1190. The van der Waals surface area contributed by atoms with Gasteiger partial charge in [-0.15, -0.1) is 0 Å². The lowest BCUT2D eigenvalue weighted by Gasteiger charge is -2.14. The quantitative estimate of drug-likeness (QED) is 0.437. The Labute approximate surface area is 174 Å². The summed E-state index contributed by atoms with van der Waals surface area (Å²) < 4.78 is 13.1. The molecule has 0 saturated carbocycles. The van der Waals surface area contributed by atoms with Crippen molar-refractivity contribution in [1.29, 1.82) is 0 Å². The van der Waals surface area contributed by atoms with Crippen molar-refractivity contribution in [3.63, 3.8) is 0 Å². The fourth-order valence-corrected chi connectivity index (χ4v) is 4.25. The zero-order valence-electron chi connectivity index (χ0n) is 16.8. The van der Waals surface area contributed by atoms with E-state index >= 15 is 0 Å². The minimum absolute atomic E-state index is 0.301. The molecule has 0 saturated heterocycles. The highest BCUT2D eigenvalue weighted by Crippen LogP contribution is 2.42. The molecule has 5 nitrogen and oxygen atoms in total. The van der Waals surface area contributed by atoms with Crippen LogP contribution in [-0.2, 0) is 24.1 Å². The van der Waals surface area contributed by atoms with Crippen molar-refractivity contribution in [2.45, 2.75) is 26.3 Å². The molecule has 2 heterocycles. The minimum atomic E-state index is -0.419. The van der Waals surface area contributed by atoms with Crippen LogP contribution in [0.25, 0.3) is 22.6 Å². The number of ether oxygens (including phenoxy) is 1. The molecule has 4 aromatic rings. The summed E-state index contributed by atoms with van der Waals surface area (Å²) >= 11 is 0. The van der Waals surface area contributed by atoms with Crippen LogP contribution in [0.15, 0.2) is 71.4 Å². The average Bonchev–Trinajstić information content (AvgIpc) is 3.36. The first-order valence-corrected chi connectivity index (χ1v) is 10.2. The first-order valence-electron chi connectivity index (χ1n) is 10.2. The molecule has 2 aromatic carbocycles. The van der Waals surface area contributed by atoms with Gasteiger partial charge in [0.05, 0.1) is 12.3 Å². The summed E-state index contributed by atoms with van der Waals surface area (Å²) in [7, 11) is 0. The van der Waals surface area contributed by atoms with E-state index in [0.717, 1.165) is 24.1 Å². The molecule has 0 spiro atoms. The number of benzene rings is 2. The fraction of sp³-hybridized carbons (Fsp3) is 0.200. The predicted octanol–water partition coefficient (Wildman–Crippen LogP) is 5.13. The van der Waals surface area contributed by atoms with Crippen molar-refractivity contribution >= 4 is 5.97 Å². The summed E-state index contributed by atoms with van der Waals surface area (Å²) in [6.07, 6.45) is 3.65. The van der Waals surface area contributed by atoms with Gasteiger partial charge in [0.25, 0.3) is 0 Å². The molecule has 0 unspecified atom stereocenters. The summed E-state index contributed by atoms with van der Waals surface area (Å²) in [5.41, 5.74) is 6.97. The highest BCUT2D eigenvalue weighted by Gasteiger charge is 2.32. The molecule has 0 aliphatic heterocycles. The summed E-state index contributed by atoms with van der Waals surface area (Å²) in [5, 5.41) is 4.05. The Morgan fingerprint density at radius 2 is 1.73 bits per heavy atom. The van der Waals surface area contributed by atoms with Gasteiger partial charge in [0, 0.05) is 23.9 Å². The Kier molecular flexibility index (Phi) is 4.71. The largest absolute Gasteiger partial charge is 0.461 e. The number of rotatable bonds is 5. The molecule has 2 aromatic heterocycles. The van der Waals surface area contributed by atoms with Gasteiger partial charge in [-0.25, -0.2) is 4.79 Å². The van der Waals surface area contributed by atoms with Gasteiger partial charge in [-0.3, -0.25) is 0 Å². The molecule has 30 heavy (non-hydrogen) atoms. The normalized spacial score (nSPS) is 12.3. The molecule has 5 heteroatoms. The third-order valence-corrected chi connectivity index (χ3v) is 5.55.